The van der Waals surface area contributed by atoms with E-state index in [0.29, 0.717) is 11.6 Å². The first kappa shape index (κ1) is 16.4. The SMILES string of the molecule is Cc1cccc(NC(=O)c2cc(C)nc(N3CCN(C)CC3)n2)c1. The summed E-state index contributed by atoms with van der Waals surface area (Å²) in [5, 5.41) is 2.91. The quantitative estimate of drug-likeness (QED) is 0.936. The highest BCUT2D eigenvalue weighted by molar-refractivity contribution is 6.03. The number of likely N-dealkylation sites (N-methyl/N-ethyl adjacent to an activating group) is 1. The minimum Gasteiger partial charge on any atom is -0.338 e. The summed E-state index contributed by atoms with van der Waals surface area (Å²) in [6, 6.07) is 9.46. The zero-order chi connectivity index (χ0) is 17.1. The van der Waals surface area contributed by atoms with Gasteiger partial charge in [-0.15, -0.1) is 0 Å². The maximum atomic E-state index is 12.5. The highest BCUT2D eigenvalue weighted by Gasteiger charge is 2.19. The monoisotopic (exact) mass is 325 g/mol. The van der Waals surface area contributed by atoms with Crippen LogP contribution in [0.4, 0.5) is 11.6 Å². The van der Waals surface area contributed by atoms with Crippen molar-refractivity contribution in [3.8, 4) is 0 Å². The zero-order valence-electron chi connectivity index (χ0n) is 14.4. The van der Waals surface area contributed by atoms with Gasteiger partial charge in [0, 0.05) is 37.6 Å². The molecule has 6 heteroatoms. The summed E-state index contributed by atoms with van der Waals surface area (Å²) in [5.74, 6) is 0.430. The van der Waals surface area contributed by atoms with Gasteiger partial charge in [-0.1, -0.05) is 12.1 Å². The van der Waals surface area contributed by atoms with Gasteiger partial charge < -0.3 is 15.1 Å². The lowest BCUT2D eigenvalue weighted by Crippen LogP contribution is -2.45. The number of amides is 1. The first-order valence-corrected chi connectivity index (χ1v) is 8.18. The van der Waals surface area contributed by atoms with Crippen LogP contribution in [0.15, 0.2) is 30.3 Å². The summed E-state index contributed by atoms with van der Waals surface area (Å²) < 4.78 is 0. The van der Waals surface area contributed by atoms with E-state index in [1.165, 1.54) is 0 Å². The number of aryl methyl sites for hydroxylation is 2. The molecule has 0 spiro atoms. The molecule has 2 aromatic rings. The molecule has 1 amide bonds. The fraction of sp³-hybridized carbons (Fsp3) is 0.389. The number of carbonyl (C=O) groups excluding carboxylic acids is 1. The molecule has 1 aromatic carbocycles. The number of rotatable bonds is 3. The number of nitrogens with one attached hydrogen (secondary N) is 1. The van der Waals surface area contributed by atoms with E-state index < -0.39 is 0 Å². The van der Waals surface area contributed by atoms with Gasteiger partial charge in [-0.2, -0.15) is 0 Å². The van der Waals surface area contributed by atoms with Gasteiger partial charge in [0.05, 0.1) is 0 Å². The predicted octanol–water partition coefficient (Wildman–Crippen LogP) is 2.10. The Balaban J connectivity index is 1.79. The molecule has 1 saturated heterocycles. The van der Waals surface area contributed by atoms with E-state index in [-0.39, 0.29) is 5.91 Å². The van der Waals surface area contributed by atoms with Gasteiger partial charge in [0.1, 0.15) is 5.69 Å². The topological polar surface area (TPSA) is 61.4 Å². The van der Waals surface area contributed by atoms with E-state index in [0.717, 1.165) is 43.1 Å². The van der Waals surface area contributed by atoms with E-state index in [2.05, 4.69) is 32.1 Å². The van der Waals surface area contributed by atoms with Crippen LogP contribution in [0.1, 0.15) is 21.7 Å². The first-order chi connectivity index (χ1) is 11.5. The minimum atomic E-state index is -0.207. The molecule has 0 atom stereocenters. The molecule has 2 heterocycles. The highest BCUT2D eigenvalue weighted by Crippen LogP contribution is 2.15. The van der Waals surface area contributed by atoms with Crippen LogP contribution in [0.25, 0.3) is 0 Å². The number of benzene rings is 1. The fourth-order valence-corrected chi connectivity index (χ4v) is 2.74. The second kappa shape index (κ2) is 6.97. The average molecular weight is 325 g/mol. The second-order valence-corrected chi connectivity index (χ2v) is 6.31. The van der Waals surface area contributed by atoms with E-state index in [1.54, 1.807) is 6.07 Å². The number of aromatic nitrogens is 2. The lowest BCUT2D eigenvalue weighted by atomic mass is 10.2. The van der Waals surface area contributed by atoms with Gasteiger partial charge in [-0.3, -0.25) is 4.79 Å². The number of piperazine rings is 1. The third-order valence-electron chi connectivity index (χ3n) is 4.14. The molecule has 0 aliphatic carbocycles. The molecule has 1 aromatic heterocycles. The Morgan fingerprint density at radius 1 is 1.08 bits per heavy atom. The molecular formula is C18H23N5O. The fourth-order valence-electron chi connectivity index (χ4n) is 2.74. The highest BCUT2D eigenvalue weighted by atomic mass is 16.1. The molecule has 1 aliphatic rings. The molecule has 0 saturated carbocycles. The van der Waals surface area contributed by atoms with E-state index >= 15 is 0 Å². The van der Waals surface area contributed by atoms with Crippen molar-refractivity contribution in [2.24, 2.45) is 0 Å². The van der Waals surface area contributed by atoms with Gasteiger partial charge >= 0.3 is 0 Å². The maximum Gasteiger partial charge on any atom is 0.274 e. The van der Waals surface area contributed by atoms with Crippen LogP contribution < -0.4 is 10.2 Å². The van der Waals surface area contributed by atoms with Gasteiger partial charge in [0.15, 0.2) is 0 Å². The molecule has 0 bridgehead atoms. The number of carbonyl (C=O) groups is 1. The zero-order valence-corrected chi connectivity index (χ0v) is 14.4. The Bertz CT molecular complexity index is 738. The van der Waals surface area contributed by atoms with Crippen molar-refractivity contribution >= 4 is 17.5 Å². The maximum absolute atomic E-state index is 12.5. The minimum absolute atomic E-state index is 0.207. The molecule has 1 fully saturated rings. The van der Waals surface area contributed by atoms with Gasteiger partial charge in [-0.25, -0.2) is 9.97 Å². The molecule has 0 unspecified atom stereocenters. The normalized spacial score (nSPS) is 15.4. The van der Waals surface area contributed by atoms with Crippen LogP contribution in [0.2, 0.25) is 0 Å². The number of hydrogen-bond donors (Lipinski definition) is 1. The van der Waals surface area contributed by atoms with E-state index in [4.69, 9.17) is 0 Å². The average Bonchev–Trinajstić information content (AvgIpc) is 2.55. The molecule has 126 valence electrons. The van der Waals surface area contributed by atoms with Crippen molar-refractivity contribution in [2.45, 2.75) is 13.8 Å². The van der Waals surface area contributed by atoms with Crippen LogP contribution in [-0.2, 0) is 0 Å². The van der Waals surface area contributed by atoms with Crippen LogP contribution in [0.5, 0.6) is 0 Å². The summed E-state index contributed by atoms with van der Waals surface area (Å²) in [5.41, 5.74) is 3.08. The Kier molecular flexibility index (Phi) is 4.76. The van der Waals surface area contributed by atoms with Gasteiger partial charge in [0.2, 0.25) is 5.95 Å². The van der Waals surface area contributed by atoms with Gasteiger partial charge in [-0.05, 0) is 44.7 Å². The van der Waals surface area contributed by atoms with Crippen LogP contribution in [0.3, 0.4) is 0 Å². The summed E-state index contributed by atoms with van der Waals surface area (Å²) in [7, 11) is 2.11. The summed E-state index contributed by atoms with van der Waals surface area (Å²) in [6.07, 6.45) is 0. The van der Waals surface area contributed by atoms with Crippen LogP contribution >= 0.6 is 0 Å². The van der Waals surface area contributed by atoms with Crippen molar-refractivity contribution in [1.82, 2.24) is 14.9 Å². The standard InChI is InChI=1S/C18H23N5O/c1-13-5-4-6-15(11-13)20-17(24)16-12-14(2)19-18(21-16)23-9-7-22(3)8-10-23/h4-6,11-12H,7-10H2,1-3H3,(H,20,24). The van der Waals surface area contributed by atoms with Gasteiger partial charge in [0.25, 0.3) is 5.91 Å². The number of hydrogen-bond acceptors (Lipinski definition) is 5. The second-order valence-electron chi connectivity index (χ2n) is 6.31. The van der Waals surface area contributed by atoms with Crippen molar-refractivity contribution in [3.63, 3.8) is 0 Å². The molecule has 24 heavy (non-hydrogen) atoms. The molecule has 3 rings (SSSR count). The Morgan fingerprint density at radius 3 is 2.54 bits per heavy atom. The summed E-state index contributed by atoms with van der Waals surface area (Å²) >= 11 is 0. The molecular weight excluding hydrogens is 302 g/mol. The van der Waals surface area contributed by atoms with Crippen LogP contribution in [0, 0.1) is 13.8 Å². The molecule has 0 radical (unpaired) electrons. The largest absolute Gasteiger partial charge is 0.338 e. The molecule has 6 nitrogen and oxygen atoms in total. The number of anilines is 2. The van der Waals surface area contributed by atoms with Crippen LogP contribution in [-0.4, -0.2) is 54.0 Å². The van der Waals surface area contributed by atoms with Crippen molar-refractivity contribution in [3.05, 3.63) is 47.3 Å². The first-order valence-electron chi connectivity index (χ1n) is 8.18. The lowest BCUT2D eigenvalue weighted by Gasteiger charge is -2.32. The smallest absolute Gasteiger partial charge is 0.274 e. The molecule has 1 N–H and O–H groups in total. The van der Waals surface area contributed by atoms with Crippen molar-refractivity contribution in [1.29, 1.82) is 0 Å². The van der Waals surface area contributed by atoms with E-state index in [1.807, 2.05) is 38.1 Å². The predicted molar refractivity (Wildman–Crippen MR) is 95.6 cm³/mol. The third-order valence-corrected chi connectivity index (χ3v) is 4.14. The molecule has 1 aliphatic heterocycles. The number of nitrogens with zero attached hydrogens (tertiary/aromatic N) is 4. The Morgan fingerprint density at radius 2 is 1.83 bits per heavy atom. The van der Waals surface area contributed by atoms with Crippen molar-refractivity contribution < 1.29 is 4.79 Å². The summed E-state index contributed by atoms with van der Waals surface area (Å²) in [6.45, 7) is 7.59. The van der Waals surface area contributed by atoms with E-state index in [9.17, 15) is 4.79 Å². The third kappa shape index (κ3) is 3.89. The summed E-state index contributed by atoms with van der Waals surface area (Å²) in [4.78, 5) is 25.9. The van der Waals surface area contributed by atoms with Crippen molar-refractivity contribution in [2.75, 3.05) is 43.4 Å². The Labute approximate surface area is 142 Å². The Hall–Kier alpha value is -2.47. The lowest BCUT2D eigenvalue weighted by molar-refractivity contribution is 0.102.